The number of benzene rings is 1. The molecule has 1 N–H and O–H groups in total. The Morgan fingerprint density at radius 2 is 2.00 bits per heavy atom. The van der Waals surface area contributed by atoms with Crippen molar-refractivity contribution < 1.29 is 4.79 Å². The lowest BCUT2D eigenvalue weighted by molar-refractivity contribution is -0.122. The zero-order valence-corrected chi connectivity index (χ0v) is 15.1. The Balaban J connectivity index is 1.60. The van der Waals surface area contributed by atoms with Crippen molar-refractivity contribution in [2.45, 2.75) is 6.92 Å². The Morgan fingerprint density at radius 3 is 2.71 bits per heavy atom. The molecule has 1 saturated heterocycles. The Labute approximate surface area is 150 Å². The van der Waals surface area contributed by atoms with E-state index in [-0.39, 0.29) is 5.91 Å². The highest BCUT2D eigenvalue weighted by atomic mass is 35.5. The minimum absolute atomic E-state index is 0.0860. The van der Waals surface area contributed by atoms with Gasteiger partial charge in [-0.25, -0.2) is 0 Å². The second-order valence-corrected chi connectivity index (χ2v) is 6.95. The molecule has 0 atom stereocenters. The summed E-state index contributed by atoms with van der Waals surface area (Å²) < 4.78 is 0. The largest absolute Gasteiger partial charge is 0.355 e. The molecule has 128 valence electrons. The van der Waals surface area contributed by atoms with E-state index in [1.54, 1.807) is 11.3 Å². The van der Waals surface area contributed by atoms with E-state index in [1.165, 1.54) is 0 Å². The first-order valence-electron chi connectivity index (χ1n) is 7.99. The second kappa shape index (κ2) is 7.92. The van der Waals surface area contributed by atoms with Crippen LogP contribution < -0.4 is 10.2 Å². The predicted molar refractivity (Wildman–Crippen MR) is 97.7 cm³/mol. The molecule has 1 aliphatic rings. The lowest BCUT2D eigenvalue weighted by Crippen LogP contribution is -2.49. The normalized spacial score (nSPS) is 15.5. The number of piperazine rings is 1. The van der Waals surface area contributed by atoms with Gasteiger partial charge in [0.05, 0.1) is 11.6 Å². The van der Waals surface area contributed by atoms with E-state index < -0.39 is 0 Å². The Bertz CT molecular complexity index is 699. The first-order chi connectivity index (χ1) is 11.7. The molecule has 3 rings (SSSR count). The van der Waals surface area contributed by atoms with Crippen LogP contribution in [0.4, 0.5) is 5.13 Å². The van der Waals surface area contributed by atoms with Crippen molar-refractivity contribution in [3.05, 3.63) is 29.3 Å². The number of nitrogens with one attached hydrogen (secondary N) is 1. The number of amides is 1. The van der Waals surface area contributed by atoms with Crippen LogP contribution in [0.3, 0.4) is 0 Å². The summed E-state index contributed by atoms with van der Waals surface area (Å²) in [6, 6.07) is 7.67. The minimum atomic E-state index is 0.0860. The van der Waals surface area contributed by atoms with Gasteiger partial charge < -0.3 is 10.2 Å². The van der Waals surface area contributed by atoms with E-state index in [9.17, 15) is 4.79 Å². The van der Waals surface area contributed by atoms with Gasteiger partial charge in [-0.3, -0.25) is 9.69 Å². The zero-order chi connectivity index (χ0) is 16.9. The molecular formula is C16H20ClN5OS. The molecule has 1 aromatic heterocycles. The third kappa shape index (κ3) is 4.03. The van der Waals surface area contributed by atoms with Crippen LogP contribution in [0.2, 0.25) is 5.02 Å². The maximum Gasteiger partial charge on any atom is 0.234 e. The van der Waals surface area contributed by atoms with Crippen LogP contribution in [0.1, 0.15) is 6.92 Å². The number of hydrogen-bond acceptors (Lipinski definition) is 6. The molecule has 0 unspecified atom stereocenters. The van der Waals surface area contributed by atoms with E-state index in [2.05, 4.69) is 25.3 Å². The fraction of sp³-hybridized carbons (Fsp3) is 0.438. The average Bonchev–Trinajstić information content (AvgIpc) is 3.06. The second-order valence-electron chi connectivity index (χ2n) is 5.59. The number of carbonyl (C=O) groups excluding carboxylic acids is 1. The van der Waals surface area contributed by atoms with Crippen molar-refractivity contribution in [1.29, 1.82) is 0 Å². The summed E-state index contributed by atoms with van der Waals surface area (Å²) in [6.07, 6.45) is 0. The van der Waals surface area contributed by atoms with Gasteiger partial charge in [0.1, 0.15) is 0 Å². The molecule has 2 aromatic rings. The van der Waals surface area contributed by atoms with Crippen molar-refractivity contribution in [3.63, 3.8) is 0 Å². The number of carbonyl (C=O) groups is 1. The number of likely N-dealkylation sites (N-methyl/N-ethyl adjacent to an activating group) is 1. The molecule has 0 radical (unpaired) electrons. The maximum absolute atomic E-state index is 11.7. The standard InChI is InChI=1S/C16H20ClN5OS/c1-2-18-14(23)11-21-7-9-22(10-8-21)16-20-19-15(24-16)12-5-3-4-6-13(12)17/h3-6H,2,7-11H2,1H3,(H,18,23). The van der Waals surface area contributed by atoms with Crippen molar-refractivity contribution in [1.82, 2.24) is 20.4 Å². The molecule has 0 aliphatic carbocycles. The summed E-state index contributed by atoms with van der Waals surface area (Å²) >= 11 is 7.78. The average molecular weight is 366 g/mol. The monoisotopic (exact) mass is 365 g/mol. The highest BCUT2D eigenvalue weighted by Crippen LogP contribution is 2.33. The molecule has 2 heterocycles. The minimum Gasteiger partial charge on any atom is -0.355 e. The summed E-state index contributed by atoms with van der Waals surface area (Å²) in [6.45, 7) is 6.45. The number of nitrogens with zero attached hydrogens (tertiary/aromatic N) is 4. The molecule has 0 saturated carbocycles. The predicted octanol–water partition coefficient (Wildman–Crippen LogP) is 2.12. The molecule has 1 amide bonds. The van der Waals surface area contributed by atoms with Gasteiger partial charge in [-0.2, -0.15) is 0 Å². The van der Waals surface area contributed by atoms with Crippen LogP contribution in [0.5, 0.6) is 0 Å². The van der Waals surface area contributed by atoms with Crippen LogP contribution in [0.15, 0.2) is 24.3 Å². The van der Waals surface area contributed by atoms with Gasteiger partial charge in [-0.05, 0) is 13.0 Å². The zero-order valence-electron chi connectivity index (χ0n) is 13.5. The fourth-order valence-electron chi connectivity index (χ4n) is 2.64. The topological polar surface area (TPSA) is 61.4 Å². The van der Waals surface area contributed by atoms with Crippen LogP contribution in [-0.4, -0.2) is 60.3 Å². The molecule has 1 aliphatic heterocycles. The number of anilines is 1. The molecule has 0 bridgehead atoms. The Kier molecular flexibility index (Phi) is 5.65. The van der Waals surface area contributed by atoms with Gasteiger partial charge >= 0.3 is 0 Å². The number of halogens is 1. The lowest BCUT2D eigenvalue weighted by atomic mass is 10.2. The number of rotatable bonds is 5. The van der Waals surface area contributed by atoms with Crippen molar-refractivity contribution >= 4 is 34.0 Å². The van der Waals surface area contributed by atoms with Crippen molar-refractivity contribution in [2.75, 3.05) is 44.2 Å². The van der Waals surface area contributed by atoms with E-state index in [1.807, 2.05) is 31.2 Å². The van der Waals surface area contributed by atoms with Gasteiger partial charge in [0.2, 0.25) is 11.0 Å². The van der Waals surface area contributed by atoms with Gasteiger partial charge in [-0.15, -0.1) is 10.2 Å². The Morgan fingerprint density at radius 1 is 1.25 bits per heavy atom. The van der Waals surface area contributed by atoms with Crippen LogP contribution in [-0.2, 0) is 4.79 Å². The first-order valence-corrected chi connectivity index (χ1v) is 9.19. The molecule has 1 aromatic carbocycles. The SMILES string of the molecule is CCNC(=O)CN1CCN(c2nnc(-c3ccccc3Cl)s2)CC1. The van der Waals surface area contributed by atoms with Gasteiger partial charge in [0.15, 0.2) is 5.01 Å². The molecule has 1 fully saturated rings. The quantitative estimate of drug-likeness (QED) is 0.879. The summed E-state index contributed by atoms with van der Waals surface area (Å²) in [5.74, 6) is 0.0860. The lowest BCUT2D eigenvalue weighted by Gasteiger charge is -2.33. The smallest absolute Gasteiger partial charge is 0.234 e. The molecule has 8 heteroatoms. The van der Waals surface area contributed by atoms with Crippen LogP contribution in [0.25, 0.3) is 10.6 Å². The third-order valence-corrected chi connectivity index (χ3v) is 5.25. The van der Waals surface area contributed by atoms with E-state index in [0.717, 1.165) is 41.9 Å². The van der Waals surface area contributed by atoms with Gasteiger partial charge in [-0.1, -0.05) is 41.1 Å². The number of aromatic nitrogens is 2. The van der Waals surface area contributed by atoms with Crippen LogP contribution in [0, 0.1) is 0 Å². The maximum atomic E-state index is 11.7. The summed E-state index contributed by atoms with van der Waals surface area (Å²) in [5, 5.41) is 13.9. The summed E-state index contributed by atoms with van der Waals surface area (Å²) in [4.78, 5) is 16.0. The fourth-order valence-corrected chi connectivity index (χ4v) is 3.86. The van der Waals surface area contributed by atoms with Gasteiger partial charge in [0.25, 0.3) is 0 Å². The molecular weight excluding hydrogens is 346 g/mol. The summed E-state index contributed by atoms with van der Waals surface area (Å²) in [5.41, 5.74) is 0.915. The molecule has 24 heavy (non-hydrogen) atoms. The van der Waals surface area contributed by atoms with Gasteiger partial charge in [0, 0.05) is 38.3 Å². The van der Waals surface area contributed by atoms with E-state index in [0.29, 0.717) is 18.1 Å². The third-order valence-electron chi connectivity index (χ3n) is 3.90. The van der Waals surface area contributed by atoms with E-state index >= 15 is 0 Å². The van der Waals surface area contributed by atoms with E-state index in [4.69, 9.17) is 11.6 Å². The first kappa shape index (κ1) is 17.1. The molecule has 0 spiro atoms. The highest BCUT2D eigenvalue weighted by molar-refractivity contribution is 7.18. The van der Waals surface area contributed by atoms with Crippen LogP contribution >= 0.6 is 22.9 Å². The number of hydrogen-bond donors (Lipinski definition) is 1. The molecule has 6 nitrogen and oxygen atoms in total. The van der Waals surface area contributed by atoms with Crippen molar-refractivity contribution in [2.24, 2.45) is 0 Å². The van der Waals surface area contributed by atoms with Crippen molar-refractivity contribution in [3.8, 4) is 10.6 Å². The Hall–Kier alpha value is -1.70. The highest BCUT2D eigenvalue weighted by Gasteiger charge is 2.22. The summed E-state index contributed by atoms with van der Waals surface area (Å²) in [7, 11) is 0.